The molecule has 0 heterocycles. The topological polar surface area (TPSA) is 52.6 Å². The molecule has 0 saturated carbocycles. The first kappa shape index (κ1) is 17.9. The van der Waals surface area contributed by atoms with Crippen LogP contribution in [0.4, 0.5) is 0 Å². The van der Waals surface area contributed by atoms with E-state index in [0.29, 0.717) is 19.4 Å². The molecule has 0 bridgehead atoms. The summed E-state index contributed by atoms with van der Waals surface area (Å²) in [6, 6.07) is 0. The molecular weight excluding hydrogens is 244 g/mol. The van der Waals surface area contributed by atoms with Crippen LogP contribution >= 0.6 is 0 Å². The molecule has 0 aliphatic carbocycles. The summed E-state index contributed by atoms with van der Waals surface area (Å²) in [5.74, 6) is -0.519. The Morgan fingerprint density at radius 1 is 1.05 bits per heavy atom. The van der Waals surface area contributed by atoms with E-state index >= 15 is 0 Å². The summed E-state index contributed by atoms with van der Waals surface area (Å²) in [5, 5.41) is 0. The van der Waals surface area contributed by atoms with Crippen LogP contribution in [0.1, 0.15) is 60.3 Å². The number of hydrogen-bond acceptors (Lipinski definition) is 4. The molecule has 19 heavy (non-hydrogen) atoms. The number of rotatable bonds is 8. The zero-order chi connectivity index (χ0) is 15.1. The molecule has 0 saturated heterocycles. The van der Waals surface area contributed by atoms with Crippen LogP contribution < -0.4 is 0 Å². The standard InChI is InChI=1S/C15H28O4/c1-7-9-10-19-12(16)14(3,4)11-15(5,8-2)13(17)18-6/h7-11H2,1-6H3. The van der Waals surface area contributed by atoms with Gasteiger partial charge in [0.1, 0.15) is 0 Å². The quantitative estimate of drug-likeness (QED) is 0.502. The maximum absolute atomic E-state index is 12.1. The second-order valence-corrected chi connectivity index (χ2v) is 5.96. The number of carbonyl (C=O) groups is 2. The number of esters is 2. The predicted octanol–water partition coefficient (Wildman–Crippen LogP) is 3.34. The van der Waals surface area contributed by atoms with Crippen LogP contribution in [0.2, 0.25) is 0 Å². The van der Waals surface area contributed by atoms with Crippen molar-refractivity contribution in [3.8, 4) is 0 Å². The van der Waals surface area contributed by atoms with Crippen LogP contribution in [0.25, 0.3) is 0 Å². The molecule has 4 heteroatoms. The van der Waals surface area contributed by atoms with Gasteiger partial charge in [-0.05, 0) is 40.0 Å². The lowest BCUT2D eigenvalue weighted by molar-refractivity contribution is -0.161. The van der Waals surface area contributed by atoms with Gasteiger partial charge in [0.05, 0.1) is 24.5 Å². The number of carbonyl (C=O) groups excluding carboxylic acids is 2. The fraction of sp³-hybridized carbons (Fsp3) is 0.867. The van der Waals surface area contributed by atoms with Crippen molar-refractivity contribution in [3.05, 3.63) is 0 Å². The molecule has 0 spiro atoms. The Bertz CT molecular complexity index is 309. The van der Waals surface area contributed by atoms with Crippen LogP contribution in [0, 0.1) is 10.8 Å². The van der Waals surface area contributed by atoms with E-state index in [0.717, 1.165) is 12.8 Å². The first-order valence-corrected chi connectivity index (χ1v) is 6.99. The van der Waals surface area contributed by atoms with Crippen molar-refractivity contribution in [1.82, 2.24) is 0 Å². The normalized spacial score (nSPS) is 14.6. The van der Waals surface area contributed by atoms with E-state index in [2.05, 4.69) is 0 Å². The summed E-state index contributed by atoms with van der Waals surface area (Å²) in [4.78, 5) is 23.9. The summed E-state index contributed by atoms with van der Waals surface area (Å²) < 4.78 is 10.1. The highest BCUT2D eigenvalue weighted by molar-refractivity contribution is 5.80. The van der Waals surface area contributed by atoms with E-state index < -0.39 is 10.8 Å². The molecule has 0 aliphatic rings. The van der Waals surface area contributed by atoms with E-state index in [1.807, 2.05) is 34.6 Å². The molecule has 1 atom stereocenters. The molecule has 0 radical (unpaired) electrons. The lowest BCUT2D eigenvalue weighted by atomic mass is 9.72. The summed E-state index contributed by atoms with van der Waals surface area (Å²) in [5.41, 5.74) is -1.34. The van der Waals surface area contributed by atoms with Crippen LogP contribution in [0.3, 0.4) is 0 Å². The van der Waals surface area contributed by atoms with E-state index in [-0.39, 0.29) is 11.9 Å². The van der Waals surface area contributed by atoms with Gasteiger partial charge in [-0.3, -0.25) is 9.59 Å². The average molecular weight is 272 g/mol. The lowest BCUT2D eigenvalue weighted by Crippen LogP contribution is -2.38. The Hall–Kier alpha value is -1.06. The van der Waals surface area contributed by atoms with E-state index in [1.54, 1.807) is 0 Å². The van der Waals surface area contributed by atoms with Crippen molar-refractivity contribution < 1.29 is 19.1 Å². The SMILES string of the molecule is CCCCOC(=O)C(C)(C)CC(C)(CC)C(=O)OC. The predicted molar refractivity (Wildman–Crippen MR) is 74.7 cm³/mol. The van der Waals surface area contributed by atoms with Crippen LogP contribution in [-0.2, 0) is 19.1 Å². The Balaban J connectivity index is 4.72. The van der Waals surface area contributed by atoms with Crippen LogP contribution in [0.5, 0.6) is 0 Å². The van der Waals surface area contributed by atoms with E-state index in [9.17, 15) is 9.59 Å². The summed E-state index contributed by atoms with van der Waals surface area (Å²) in [6.45, 7) is 9.88. The van der Waals surface area contributed by atoms with E-state index in [4.69, 9.17) is 9.47 Å². The Morgan fingerprint density at radius 3 is 2.05 bits per heavy atom. The molecule has 0 N–H and O–H groups in total. The highest BCUT2D eigenvalue weighted by Gasteiger charge is 2.42. The number of ether oxygens (including phenoxy) is 2. The monoisotopic (exact) mass is 272 g/mol. The van der Waals surface area contributed by atoms with Crippen LogP contribution in [0.15, 0.2) is 0 Å². The third-order valence-electron chi connectivity index (χ3n) is 3.57. The molecule has 0 aromatic carbocycles. The molecule has 112 valence electrons. The van der Waals surface area contributed by atoms with Crippen molar-refractivity contribution in [1.29, 1.82) is 0 Å². The molecule has 1 unspecified atom stereocenters. The van der Waals surface area contributed by atoms with Gasteiger partial charge >= 0.3 is 11.9 Å². The molecule has 0 rings (SSSR count). The Labute approximate surface area is 116 Å². The maximum atomic E-state index is 12.1. The van der Waals surface area contributed by atoms with Gasteiger partial charge < -0.3 is 9.47 Å². The maximum Gasteiger partial charge on any atom is 0.311 e. The molecular formula is C15H28O4. The van der Waals surface area contributed by atoms with Gasteiger partial charge in [0.2, 0.25) is 0 Å². The molecule has 0 fully saturated rings. The Kier molecular flexibility index (Phi) is 7.09. The first-order valence-electron chi connectivity index (χ1n) is 6.99. The van der Waals surface area contributed by atoms with Gasteiger partial charge in [-0.1, -0.05) is 20.3 Å². The molecule has 0 aliphatic heterocycles. The second-order valence-electron chi connectivity index (χ2n) is 5.96. The average Bonchev–Trinajstić information content (AvgIpc) is 2.37. The van der Waals surface area contributed by atoms with Crippen molar-refractivity contribution in [2.75, 3.05) is 13.7 Å². The minimum atomic E-state index is -0.688. The number of unbranched alkanes of at least 4 members (excludes halogenated alkanes) is 1. The van der Waals surface area contributed by atoms with Crippen LogP contribution in [-0.4, -0.2) is 25.7 Å². The van der Waals surface area contributed by atoms with Gasteiger partial charge in [-0.15, -0.1) is 0 Å². The molecule has 4 nitrogen and oxygen atoms in total. The highest BCUT2D eigenvalue weighted by Crippen LogP contribution is 2.38. The second kappa shape index (κ2) is 7.51. The van der Waals surface area contributed by atoms with Gasteiger partial charge in [0.15, 0.2) is 0 Å². The van der Waals surface area contributed by atoms with Gasteiger partial charge in [0, 0.05) is 0 Å². The highest BCUT2D eigenvalue weighted by atomic mass is 16.5. The van der Waals surface area contributed by atoms with Gasteiger partial charge in [-0.25, -0.2) is 0 Å². The van der Waals surface area contributed by atoms with E-state index in [1.165, 1.54) is 7.11 Å². The smallest absolute Gasteiger partial charge is 0.311 e. The van der Waals surface area contributed by atoms with Crippen molar-refractivity contribution in [3.63, 3.8) is 0 Å². The summed E-state index contributed by atoms with van der Waals surface area (Å²) in [7, 11) is 1.38. The molecule has 0 amide bonds. The minimum Gasteiger partial charge on any atom is -0.469 e. The Morgan fingerprint density at radius 2 is 1.63 bits per heavy atom. The third kappa shape index (κ3) is 5.21. The van der Waals surface area contributed by atoms with Crippen molar-refractivity contribution in [2.45, 2.75) is 60.3 Å². The summed E-state index contributed by atoms with van der Waals surface area (Å²) in [6.07, 6.45) is 2.91. The number of hydrogen-bond donors (Lipinski definition) is 0. The molecule has 0 aromatic rings. The largest absolute Gasteiger partial charge is 0.469 e. The third-order valence-corrected chi connectivity index (χ3v) is 3.57. The summed E-state index contributed by atoms with van der Waals surface area (Å²) >= 11 is 0. The van der Waals surface area contributed by atoms with Crippen molar-refractivity contribution in [2.24, 2.45) is 10.8 Å². The zero-order valence-electron chi connectivity index (χ0n) is 13.2. The fourth-order valence-corrected chi connectivity index (χ4v) is 2.14. The fourth-order valence-electron chi connectivity index (χ4n) is 2.14. The van der Waals surface area contributed by atoms with Gasteiger partial charge in [0.25, 0.3) is 0 Å². The first-order chi connectivity index (χ1) is 8.73. The van der Waals surface area contributed by atoms with Crippen molar-refractivity contribution >= 4 is 11.9 Å². The molecule has 0 aromatic heterocycles. The zero-order valence-corrected chi connectivity index (χ0v) is 13.2. The number of methoxy groups -OCH3 is 1. The minimum absolute atomic E-state index is 0.246. The van der Waals surface area contributed by atoms with Gasteiger partial charge in [-0.2, -0.15) is 0 Å². The lowest BCUT2D eigenvalue weighted by Gasteiger charge is -2.33.